The van der Waals surface area contributed by atoms with Crippen LogP contribution in [0, 0.1) is 34.5 Å². The third-order valence-electron chi connectivity index (χ3n) is 14.2. The van der Waals surface area contributed by atoms with Gasteiger partial charge in [-0.3, -0.25) is 28.3 Å². The molecule has 16 heteroatoms. The molecule has 4 aromatic rings. The zero-order valence-electron chi connectivity index (χ0n) is 46.4. The number of benzene rings is 2. The molecule has 402 valence electrons. The topological polar surface area (TPSA) is 187 Å². The van der Waals surface area contributed by atoms with Crippen LogP contribution in [0.4, 0.5) is 9.59 Å². The van der Waals surface area contributed by atoms with E-state index in [1.807, 2.05) is 76.2 Å². The summed E-state index contributed by atoms with van der Waals surface area (Å²) in [6, 6.07) is 13.4. The van der Waals surface area contributed by atoms with Gasteiger partial charge in [0.2, 0.25) is 23.6 Å². The van der Waals surface area contributed by atoms with Crippen molar-refractivity contribution in [3.63, 3.8) is 0 Å². The van der Waals surface area contributed by atoms with Crippen molar-refractivity contribution < 1.29 is 38.2 Å². The number of methoxy groups -OCH3 is 2. The zero-order chi connectivity index (χ0) is 54.4. The van der Waals surface area contributed by atoms with Gasteiger partial charge >= 0.3 is 12.2 Å². The molecule has 4 amide bonds. The smallest absolute Gasteiger partial charge is 0.407 e. The maximum atomic E-state index is 14.6. The normalized spacial score (nSPS) is 17.8. The zero-order valence-corrected chi connectivity index (χ0v) is 46.4. The van der Waals surface area contributed by atoms with E-state index in [1.165, 1.54) is 14.2 Å². The van der Waals surface area contributed by atoms with Crippen molar-refractivity contribution in [2.24, 2.45) is 34.5 Å². The molecule has 2 unspecified atom stereocenters. The van der Waals surface area contributed by atoms with Crippen LogP contribution in [0.15, 0.2) is 60.9 Å². The molecule has 2 N–H and O–H groups in total. The third-order valence-corrected chi connectivity index (χ3v) is 14.2. The molecule has 16 nitrogen and oxygen atoms in total. The third kappa shape index (κ3) is 13.7. The molecule has 6 rings (SSSR count). The van der Waals surface area contributed by atoms with Gasteiger partial charge in [0.05, 0.1) is 50.1 Å². The molecule has 0 saturated carbocycles. The van der Waals surface area contributed by atoms with Gasteiger partial charge in [0, 0.05) is 37.1 Å². The molecule has 0 spiro atoms. The fourth-order valence-electron chi connectivity index (χ4n) is 11.2. The minimum atomic E-state index is -0.814. The van der Waals surface area contributed by atoms with E-state index in [2.05, 4.69) is 66.0 Å². The fraction of sp³-hybridized carbons (Fsp3) is 0.586. The lowest BCUT2D eigenvalue weighted by Crippen LogP contribution is -2.51. The Morgan fingerprint density at radius 1 is 0.554 bits per heavy atom. The molecule has 2 fully saturated rings. The van der Waals surface area contributed by atoms with Crippen LogP contribution in [-0.4, -0.2) is 104 Å². The summed E-state index contributed by atoms with van der Waals surface area (Å²) in [5.41, 5.74) is 4.77. The minimum Gasteiger partial charge on any atom is -0.453 e. The van der Waals surface area contributed by atoms with Gasteiger partial charge in [-0.25, -0.2) is 19.6 Å². The molecule has 4 heterocycles. The number of nitrogens with zero attached hydrogens (tertiary/aromatic N) is 6. The van der Waals surface area contributed by atoms with Crippen LogP contribution in [0.3, 0.4) is 0 Å². The highest BCUT2D eigenvalue weighted by molar-refractivity contribution is 5.89. The first-order valence-electron chi connectivity index (χ1n) is 26.5. The van der Waals surface area contributed by atoms with E-state index in [1.54, 1.807) is 31.3 Å². The van der Waals surface area contributed by atoms with Gasteiger partial charge < -0.3 is 29.9 Å². The first-order valence-corrected chi connectivity index (χ1v) is 26.5. The number of nitrogens with one attached hydrogen (secondary N) is 2. The number of aromatic nitrogens is 4. The summed E-state index contributed by atoms with van der Waals surface area (Å²) in [7, 11) is 2.54. The van der Waals surface area contributed by atoms with Gasteiger partial charge in [0.1, 0.15) is 23.7 Å². The molecule has 74 heavy (non-hydrogen) atoms. The van der Waals surface area contributed by atoms with E-state index in [4.69, 9.17) is 19.4 Å². The number of hydrogen-bond acceptors (Lipinski definition) is 10. The summed E-state index contributed by atoms with van der Waals surface area (Å²) in [6.07, 6.45) is 7.05. The van der Waals surface area contributed by atoms with Crippen LogP contribution in [0.1, 0.15) is 168 Å². The fourth-order valence-corrected chi connectivity index (χ4v) is 11.2. The lowest BCUT2D eigenvalue weighted by Gasteiger charge is -2.31. The summed E-state index contributed by atoms with van der Waals surface area (Å²) in [6.45, 7) is 25.6. The Balaban J connectivity index is 1.33. The molecule has 6 atom stereocenters. The number of rotatable bonds is 17. The number of likely N-dealkylation sites (tertiary alicyclic amines) is 2. The Morgan fingerprint density at radius 2 is 0.878 bits per heavy atom. The Hall–Kier alpha value is -6.32. The highest BCUT2D eigenvalue weighted by Crippen LogP contribution is 2.39. The second kappa shape index (κ2) is 23.9. The number of ether oxygens (including phenoxy) is 2. The highest BCUT2D eigenvalue weighted by Gasteiger charge is 2.41. The number of carbonyl (C=O) groups excluding carboxylic acids is 6. The Labute approximate surface area is 438 Å². The maximum Gasteiger partial charge on any atom is 0.407 e. The van der Waals surface area contributed by atoms with Gasteiger partial charge in [0.15, 0.2) is 0 Å². The number of carbonyl (C=O) groups is 6. The van der Waals surface area contributed by atoms with E-state index in [0.717, 1.165) is 47.9 Å². The van der Waals surface area contributed by atoms with Crippen molar-refractivity contribution in [1.29, 1.82) is 0 Å². The van der Waals surface area contributed by atoms with Gasteiger partial charge in [-0.05, 0) is 84.2 Å². The predicted molar refractivity (Wildman–Crippen MR) is 287 cm³/mol. The first kappa shape index (κ1) is 57.0. The molecular formula is C58H82N8O8. The summed E-state index contributed by atoms with van der Waals surface area (Å²) in [5.74, 6) is 0.105. The van der Waals surface area contributed by atoms with Crippen molar-refractivity contribution in [1.82, 2.24) is 39.5 Å². The lowest BCUT2D eigenvalue weighted by atomic mass is 9.84. The molecule has 2 saturated heterocycles. The molecule has 0 bridgehead atoms. The monoisotopic (exact) mass is 1020 g/mol. The average molecular weight is 1020 g/mol. The molecule has 2 aromatic carbocycles. The number of imidazole rings is 2. The van der Waals surface area contributed by atoms with Crippen molar-refractivity contribution >= 4 is 35.8 Å². The molecule has 2 aromatic heterocycles. The van der Waals surface area contributed by atoms with Crippen molar-refractivity contribution in [3.05, 3.63) is 72.6 Å². The summed E-state index contributed by atoms with van der Waals surface area (Å²) >= 11 is 0. The van der Waals surface area contributed by atoms with Crippen LogP contribution in [0.25, 0.3) is 33.6 Å². The van der Waals surface area contributed by atoms with Crippen LogP contribution in [0.5, 0.6) is 0 Å². The molecule has 2 aliphatic rings. The Bertz CT molecular complexity index is 2440. The quantitative estimate of drug-likeness (QED) is 0.103. The van der Waals surface area contributed by atoms with E-state index in [9.17, 15) is 28.8 Å². The molecule has 0 radical (unpaired) electrons. The standard InChI is InChI=1S/C58H82N8O8/c1-35(2)49(61-55(71)73-13)53(69)63-27-15-17-43(63)51-59-33-45(65(51)47(67)29-37(5)31-57(7,8)9)41-23-19-39(20-24-41)40-21-25-42(26-22-40)46-34-60-52(66(46)48(68)30-38(6)32-58(10,11)12)44-18-16-28-64(44)54(70)50(36(3)4)62-56(72)74-14/h19-26,33-38,43-44,49-50H,15-18,27-32H2,1-14H3,(H,61,71)(H,62,72)/t37?,38?,43-,44-,49-,50-/m0/s1. The Kier molecular flexibility index (Phi) is 18.4. The van der Waals surface area contributed by atoms with Crippen molar-refractivity contribution in [3.8, 4) is 33.6 Å². The van der Waals surface area contributed by atoms with Crippen molar-refractivity contribution in [2.45, 2.75) is 159 Å². The minimum absolute atomic E-state index is 0.0247. The second-order valence-electron chi connectivity index (χ2n) is 23.9. The SMILES string of the molecule is COC(=O)N[C@H](C(=O)N1CCC[C@H]1c1ncc(-c2ccc(-c3ccc(-c4cnc([C@@H]5CCCN5C(=O)[C@@H](NC(=O)OC)C(C)C)n4C(=O)CC(C)CC(C)(C)C)cc3)cc2)n1C(=O)CC(C)CC(C)(C)C)C(C)C. The second-order valence-corrected chi connectivity index (χ2v) is 23.9. The maximum absolute atomic E-state index is 14.6. The van der Waals surface area contributed by atoms with E-state index >= 15 is 0 Å². The summed E-state index contributed by atoms with van der Waals surface area (Å²) in [5, 5.41) is 5.44. The average Bonchev–Trinajstić information content (AvgIpc) is 4.17. The number of alkyl carbamates (subject to hydrolysis) is 2. The van der Waals surface area contributed by atoms with Crippen LogP contribution in [-0.2, 0) is 19.1 Å². The van der Waals surface area contributed by atoms with Gasteiger partial charge in [-0.1, -0.05) is 132 Å². The van der Waals surface area contributed by atoms with Crippen LogP contribution < -0.4 is 10.6 Å². The van der Waals surface area contributed by atoms with E-state index < -0.39 is 36.4 Å². The van der Waals surface area contributed by atoms with E-state index in [-0.39, 0.29) is 58.1 Å². The van der Waals surface area contributed by atoms with E-state index in [0.29, 0.717) is 61.8 Å². The lowest BCUT2D eigenvalue weighted by molar-refractivity contribution is -0.136. The Morgan fingerprint density at radius 3 is 1.18 bits per heavy atom. The predicted octanol–water partition coefficient (Wildman–Crippen LogP) is 11.4. The van der Waals surface area contributed by atoms with Gasteiger partial charge in [-0.15, -0.1) is 0 Å². The van der Waals surface area contributed by atoms with Gasteiger partial charge in [-0.2, -0.15) is 0 Å². The summed E-state index contributed by atoms with van der Waals surface area (Å²) in [4.78, 5) is 95.4. The van der Waals surface area contributed by atoms with Crippen molar-refractivity contribution in [2.75, 3.05) is 27.3 Å². The van der Waals surface area contributed by atoms with Gasteiger partial charge in [0.25, 0.3) is 0 Å². The highest BCUT2D eigenvalue weighted by atomic mass is 16.5. The number of amides is 4. The number of hydrogen-bond donors (Lipinski definition) is 2. The first-order chi connectivity index (χ1) is 34.8. The van der Waals surface area contributed by atoms with Crippen LogP contribution in [0.2, 0.25) is 0 Å². The molecular weight excluding hydrogens is 937 g/mol. The van der Waals surface area contributed by atoms with Crippen LogP contribution >= 0.6 is 0 Å². The summed E-state index contributed by atoms with van der Waals surface area (Å²) < 4.78 is 13.1. The molecule has 2 aliphatic heterocycles. The largest absolute Gasteiger partial charge is 0.453 e. The molecule has 0 aliphatic carbocycles.